The third-order valence-electron chi connectivity index (χ3n) is 2.81. The van der Waals surface area contributed by atoms with E-state index in [0.717, 1.165) is 11.1 Å². The van der Waals surface area contributed by atoms with Gasteiger partial charge in [0.1, 0.15) is 28.1 Å². The summed E-state index contributed by atoms with van der Waals surface area (Å²) in [5.41, 5.74) is 1.03. The van der Waals surface area contributed by atoms with E-state index in [1.165, 1.54) is 12.3 Å². The summed E-state index contributed by atoms with van der Waals surface area (Å²) < 4.78 is 16.5. The van der Waals surface area contributed by atoms with Gasteiger partial charge in [0.25, 0.3) is 0 Å². The van der Waals surface area contributed by atoms with E-state index in [-0.39, 0.29) is 5.43 Å². The van der Waals surface area contributed by atoms with E-state index in [1.54, 1.807) is 6.07 Å². The van der Waals surface area contributed by atoms with Crippen LogP contribution in [-0.4, -0.2) is 6.61 Å². The van der Waals surface area contributed by atoms with E-state index in [2.05, 4.69) is 0 Å². The van der Waals surface area contributed by atoms with E-state index in [0.29, 0.717) is 28.9 Å². The van der Waals surface area contributed by atoms with Crippen molar-refractivity contribution in [3.8, 4) is 5.75 Å². The summed E-state index contributed by atoms with van der Waals surface area (Å²) in [4.78, 5) is 12.0. The minimum atomic E-state index is -0.111. The minimum Gasteiger partial charge on any atom is -0.492 e. The second-order valence-electron chi connectivity index (χ2n) is 4.07. The molecule has 0 aliphatic carbocycles. The Morgan fingerprint density at radius 3 is 2.89 bits per heavy atom. The molecule has 4 nitrogen and oxygen atoms in total. The Bertz CT molecular complexity index is 779. The molecule has 0 bridgehead atoms. The van der Waals surface area contributed by atoms with Crippen LogP contribution in [0.4, 0.5) is 0 Å². The molecule has 0 N–H and O–H groups in total. The number of hydrogen-bond donors (Lipinski definition) is 0. The summed E-state index contributed by atoms with van der Waals surface area (Å²) in [6, 6.07) is 4.98. The highest BCUT2D eigenvalue weighted by atomic mass is 16.5. The molecule has 0 spiro atoms. The van der Waals surface area contributed by atoms with Crippen LogP contribution in [-0.2, 0) is 0 Å². The molecule has 4 heteroatoms. The molecule has 2 aromatic heterocycles. The second-order valence-corrected chi connectivity index (χ2v) is 4.07. The molecule has 0 atom stereocenters. The van der Waals surface area contributed by atoms with E-state index in [4.69, 9.17) is 13.6 Å². The molecule has 92 valence electrons. The molecule has 1 aromatic carbocycles. The van der Waals surface area contributed by atoms with Gasteiger partial charge in [-0.15, -0.1) is 0 Å². The molecule has 18 heavy (non-hydrogen) atoms. The fourth-order valence-electron chi connectivity index (χ4n) is 2.13. The topological polar surface area (TPSA) is 52.6 Å². The zero-order chi connectivity index (χ0) is 12.7. The van der Waals surface area contributed by atoms with Crippen molar-refractivity contribution in [2.24, 2.45) is 0 Å². The van der Waals surface area contributed by atoms with Crippen molar-refractivity contribution >= 4 is 21.9 Å². The Labute approximate surface area is 103 Å². The van der Waals surface area contributed by atoms with Crippen LogP contribution < -0.4 is 10.2 Å². The molecule has 0 aliphatic rings. The Morgan fingerprint density at radius 1 is 1.28 bits per heavy atom. The van der Waals surface area contributed by atoms with Crippen LogP contribution in [0.25, 0.3) is 21.9 Å². The highest BCUT2D eigenvalue weighted by molar-refractivity contribution is 6.01. The lowest BCUT2D eigenvalue weighted by atomic mass is 10.1. The summed E-state index contributed by atoms with van der Waals surface area (Å²) in [6.07, 6.45) is 1.38. The molecule has 0 saturated heterocycles. The average Bonchev–Trinajstić information content (AvgIpc) is 2.69. The maximum absolute atomic E-state index is 12.0. The summed E-state index contributed by atoms with van der Waals surface area (Å²) in [5.74, 6) is 1.31. The Morgan fingerprint density at radius 2 is 2.11 bits per heavy atom. The molecule has 0 unspecified atom stereocenters. The number of benzene rings is 1. The molecule has 0 saturated carbocycles. The first-order chi connectivity index (χ1) is 8.70. The Hall–Kier alpha value is -2.23. The SMILES string of the molecule is CCOc1c2cc(C)oc2cc2occc(=O)c12. The smallest absolute Gasteiger partial charge is 0.196 e. The zero-order valence-electron chi connectivity index (χ0n) is 10.1. The van der Waals surface area contributed by atoms with Gasteiger partial charge < -0.3 is 13.6 Å². The van der Waals surface area contributed by atoms with E-state index in [9.17, 15) is 4.79 Å². The fourth-order valence-corrected chi connectivity index (χ4v) is 2.13. The summed E-state index contributed by atoms with van der Waals surface area (Å²) in [6.45, 7) is 4.21. The molecule has 3 aromatic rings. The number of ether oxygens (including phenoxy) is 1. The van der Waals surface area contributed by atoms with Gasteiger partial charge in [0.15, 0.2) is 5.43 Å². The van der Waals surface area contributed by atoms with Gasteiger partial charge in [-0.3, -0.25) is 4.79 Å². The molecule has 0 amide bonds. The second kappa shape index (κ2) is 3.91. The van der Waals surface area contributed by atoms with Crippen LogP contribution in [0.2, 0.25) is 0 Å². The number of rotatable bonds is 2. The first-order valence-corrected chi connectivity index (χ1v) is 5.78. The lowest BCUT2D eigenvalue weighted by Crippen LogP contribution is -2.02. The maximum Gasteiger partial charge on any atom is 0.196 e. The largest absolute Gasteiger partial charge is 0.492 e. The van der Waals surface area contributed by atoms with Gasteiger partial charge in [0.05, 0.1) is 18.3 Å². The molecular weight excluding hydrogens is 232 g/mol. The van der Waals surface area contributed by atoms with Crippen molar-refractivity contribution in [3.05, 3.63) is 40.4 Å². The molecule has 0 radical (unpaired) electrons. The highest BCUT2D eigenvalue weighted by Crippen LogP contribution is 2.34. The van der Waals surface area contributed by atoms with Crippen LogP contribution in [0.5, 0.6) is 5.75 Å². The van der Waals surface area contributed by atoms with Crippen molar-refractivity contribution in [1.29, 1.82) is 0 Å². The molecule has 0 fully saturated rings. The van der Waals surface area contributed by atoms with Gasteiger partial charge >= 0.3 is 0 Å². The first-order valence-electron chi connectivity index (χ1n) is 5.78. The maximum atomic E-state index is 12.0. The van der Waals surface area contributed by atoms with Crippen LogP contribution in [0.3, 0.4) is 0 Å². The standard InChI is InChI=1S/C14H12O4/c1-3-16-14-9-6-8(2)18-11(9)7-12-13(14)10(15)4-5-17-12/h4-7H,3H2,1-2H3. The fraction of sp³-hybridized carbons (Fsp3) is 0.214. The normalized spacial score (nSPS) is 11.2. The average molecular weight is 244 g/mol. The predicted octanol–water partition coefficient (Wildman–Crippen LogP) is 3.25. The number of aryl methyl sites for hydroxylation is 1. The molecule has 2 heterocycles. The summed E-state index contributed by atoms with van der Waals surface area (Å²) >= 11 is 0. The molecule has 3 rings (SSSR count). The van der Waals surface area contributed by atoms with Crippen molar-refractivity contribution in [2.75, 3.05) is 6.61 Å². The van der Waals surface area contributed by atoms with Crippen LogP contribution in [0, 0.1) is 6.92 Å². The third-order valence-corrected chi connectivity index (χ3v) is 2.81. The van der Waals surface area contributed by atoms with Crippen molar-refractivity contribution < 1.29 is 13.6 Å². The quantitative estimate of drug-likeness (QED) is 0.694. The molecular formula is C14H12O4. The van der Waals surface area contributed by atoms with Crippen LogP contribution >= 0.6 is 0 Å². The highest BCUT2D eigenvalue weighted by Gasteiger charge is 2.15. The van der Waals surface area contributed by atoms with Gasteiger partial charge in [-0.05, 0) is 19.9 Å². The number of fused-ring (bicyclic) bond motifs is 2. The van der Waals surface area contributed by atoms with Crippen molar-refractivity contribution in [2.45, 2.75) is 13.8 Å². The summed E-state index contributed by atoms with van der Waals surface area (Å²) in [7, 11) is 0. The number of furan rings is 1. The third kappa shape index (κ3) is 1.49. The van der Waals surface area contributed by atoms with Gasteiger partial charge in [-0.25, -0.2) is 0 Å². The minimum absolute atomic E-state index is 0.111. The van der Waals surface area contributed by atoms with E-state index < -0.39 is 0 Å². The Kier molecular flexibility index (Phi) is 2.37. The van der Waals surface area contributed by atoms with Gasteiger partial charge in [-0.1, -0.05) is 0 Å². The van der Waals surface area contributed by atoms with Crippen LogP contribution in [0.15, 0.2) is 38.1 Å². The monoisotopic (exact) mass is 244 g/mol. The lowest BCUT2D eigenvalue weighted by Gasteiger charge is -2.07. The van der Waals surface area contributed by atoms with Crippen molar-refractivity contribution in [1.82, 2.24) is 0 Å². The number of hydrogen-bond acceptors (Lipinski definition) is 4. The van der Waals surface area contributed by atoms with Crippen molar-refractivity contribution in [3.63, 3.8) is 0 Å². The van der Waals surface area contributed by atoms with E-state index in [1.807, 2.05) is 19.9 Å². The first kappa shape index (κ1) is 10.9. The van der Waals surface area contributed by atoms with Gasteiger partial charge in [-0.2, -0.15) is 0 Å². The van der Waals surface area contributed by atoms with E-state index >= 15 is 0 Å². The predicted molar refractivity (Wildman–Crippen MR) is 68.2 cm³/mol. The zero-order valence-corrected chi connectivity index (χ0v) is 10.1. The van der Waals surface area contributed by atoms with Gasteiger partial charge in [0, 0.05) is 12.1 Å². The Balaban J connectivity index is 2.54. The summed E-state index contributed by atoms with van der Waals surface area (Å²) in [5, 5.41) is 1.27. The lowest BCUT2D eigenvalue weighted by molar-refractivity contribution is 0.347. The van der Waals surface area contributed by atoms with Crippen LogP contribution in [0.1, 0.15) is 12.7 Å². The van der Waals surface area contributed by atoms with Gasteiger partial charge in [0.2, 0.25) is 0 Å². The molecule has 0 aliphatic heterocycles.